The zero-order valence-corrected chi connectivity index (χ0v) is 15.0. The molecule has 0 radical (unpaired) electrons. The summed E-state index contributed by atoms with van der Waals surface area (Å²) in [5, 5.41) is 10.6. The first-order valence-corrected chi connectivity index (χ1v) is 8.62. The van der Waals surface area contributed by atoms with E-state index >= 15 is 0 Å². The van der Waals surface area contributed by atoms with Crippen LogP contribution in [-0.2, 0) is 0 Å². The maximum absolute atomic E-state index is 13.2. The number of carbonyl (C=O) groups is 3. The van der Waals surface area contributed by atoms with Crippen molar-refractivity contribution in [3.8, 4) is 5.75 Å². The number of aromatic carboxylic acids is 1. The fourth-order valence-electron chi connectivity index (χ4n) is 2.96. The van der Waals surface area contributed by atoms with Gasteiger partial charge in [0.05, 0.1) is 16.8 Å². The number of fused-ring (bicyclic) bond motifs is 3. The Kier molecular flexibility index (Phi) is 4.33. The van der Waals surface area contributed by atoms with Crippen LogP contribution in [0.4, 0.5) is 5.69 Å². The average Bonchev–Trinajstić information content (AvgIpc) is 2.73. The summed E-state index contributed by atoms with van der Waals surface area (Å²) in [4.78, 5) is 43.5. The van der Waals surface area contributed by atoms with Crippen LogP contribution in [0.3, 0.4) is 0 Å². The predicted molar refractivity (Wildman–Crippen MR) is 102 cm³/mol. The molecular formula is C21H12ClNO5. The van der Waals surface area contributed by atoms with Gasteiger partial charge in [-0.05, 0) is 42.5 Å². The minimum Gasteiger partial charge on any atom is -0.478 e. The van der Waals surface area contributed by atoms with Crippen LogP contribution in [0.2, 0.25) is 5.02 Å². The molecule has 2 bridgehead atoms. The molecule has 0 aliphatic carbocycles. The minimum atomic E-state index is -1.27. The highest BCUT2D eigenvalue weighted by Gasteiger charge is 2.29. The molecule has 0 atom stereocenters. The van der Waals surface area contributed by atoms with Gasteiger partial charge in [0.2, 0.25) is 0 Å². The summed E-state index contributed by atoms with van der Waals surface area (Å²) in [6.45, 7) is 0. The molecule has 3 aromatic carbocycles. The number of anilines is 1. The van der Waals surface area contributed by atoms with Gasteiger partial charge in [-0.1, -0.05) is 35.9 Å². The summed E-state index contributed by atoms with van der Waals surface area (Å²) in [6.07, 6.45) is 0. The molecule has 7 heteroatoms. The molecule has 0 saturated heterocycles. The van der Waals surface area contributed by atoms with Crippen molar-refractivity contribution in [1.29, 1.82) is 0 Å². The van der Waals surface area contributed by atoms with Crippen LogP contribution >= 0.6 is 11.6 Å². The van der Waals surface area contributed by atoms with Gasteiger partial charge < -0.3 is 9.94 Å². The van der Waals surface area contributed by atoms with Gasteiger partial charge in [0, 0.05) is 16.1 Å². The van der Waals surface area contributed by atoms with Gasteiger partial charge in [-0.3, -0.25) is 9.59 Å². The smallest absolute Gasteiger partial charge is 0.338 e. The lowest BCUT2D eigenvalue weighted by molar-refractivity contribution is 0.0695. The number of hydrogen-bond acceptors (Lipinski definition) is 4. The molecule has 1 aliphatic rings. The van der Waals surface area contributed by atoms with Gasteiger partial charge in [0.1, 0.15) is 0 Å². The molecule has 0 spiro atoms. The van der Waals surface area contributed by atoms with Gasteiger partial charge in [0.15, 0.2) is 11.5 Å². The van der Waals surface area contributed by atoms with E-state index in [0.29, 0.717) is 5.56 Å². The van der Waals surface area contributed by atoms with Crippen LogP contribution in [0.5, 0.6) is 5.75 Å². The van der Waals surface area contributed by atoms with E-state index in [9.17, 15) is 19.5 Å². The number of amides is 1. The van der Waals surface area contributed by atoms with Crippen molar-refractivity contribution in [1.82, 2.24) is 0 Å². The number of carboxylic acids is 1. The van der Waals surface area contributed by atoms with Crippen LogP contribution in [-0.4, -0.2) is 22.8 Å². The number of rotatable bonds is 2. The largest absolute Gasteiger partial charge is 0.478 e. The highest BCUT2D eigenvalue weighted by Crippen LogP contribution is 2.31. The highest BCUT2D eigenvalue weighted by atomic mass is 35.5. The fourth-order valence-corrected chi connectivity index (χ4v) is 3.13. The van der Waals surface area contributed by atoms with E-state index in [4.69, 9.17) is 16.4 Å². The Morgan fingerprint density at radius 1 is 0.929 bits per heavy atom. The maximum Gasteiger partial charge on any atom is 0.338 e. The molecule has 0 unspecified atom stereocenters. The number of para-hydroxylation sites is 1. The molecular weight excluding hydrogens is 382 g/mol. The second-order valence-corrected chi connectivity index (χ2v) is 6.50. The van der Waals surface area contributed by atoms with Crippen molar-refractivity contribution in [2.75, 3.05) is 5.06 Å². The molecule has 138 valence electrons. The molecule has 1 N–H and O–H groups in total. The monoisotopic (exact) mass is 393 g/mol. The van der Waals surface area contributed by atoms with Crippen LogP contribution in [0.15, 0.2) is 66.7 Å². The Labute approximate surface area is 164 Å². The standard InChI is InChI=1S/C21H12ClNO5/c22-14-8-9-17(16(11-14)21(26)27)23-20(25)13-5-3-4-12(10-13)19(24)15-6-1-2-7-18(15)28-23/h1-11H,(H,26,27). The van der Waals surface area contributed by atoms with Crippen molar-refractivity contribution < 1.29 is 24.3 Å². The van der Waals surface area contributed by atoms with Crippen molar-refractivity contribution in [2.24, 2.45) is 0 Å². The Hall–Kier alpha value is -3.64. The minimum absolute atomic E-state index is 0.00328. The third kappa shape index (κ3) is 3.00. The molecule has 0 saturated carbocycles. The molecule has 1 amide bonds. The summed E-state index contributed by atoms with van der Waals surface area (Å²) in [6, 6.07) is 16.7. The maximum atomic E-state index is 13.2. The third-order valence-corrected chi connectivity index (χ3v) is 4.52. The van der Waals surface area contributed by atoms with Crippen molar-refractivity contribution >= 4 is 34.9 Å². The summed E-state index contributed by atoms with van der Waals surface area (Å²) in [7, 11) is 0. The Bertz CT molecular complexity index is 1140. The van der Waals surface area contributed by atoms with E-state index in [1.165, 1.54) is 36.4 Å². The van der Waals surface area contributed by atoms with Gasteiger partial charge in [0.25, 0.3) is 5.91 Å². The summed E-state index contributed by atoms with van der Waals surface area (Å²) in [5.74, 6) is -2.06. The Balaban J connectivity index is 1.97. The number of hydroxylamine groups is 1. The van der Waals surface area contributed by atoms with Crippen molar-refractivity contribution in [2.45, 2.75) is 0 Å². The lowest BCUT2D eigenvalue weighted by atomic mass is 10.0. The molecule has 1 heterocycles. The first kappa shape index (κ1) is 17.8. The molecule has 3 aromatic rings. The zero-order valence-electron chi connectivity index (χ0n) is 14.3. The van der Waals surface area contributed by atoms with Gasteiger partial charge in [-0.25, -0.2) is 4.79 Å². The fraction of sp³-hybridized carbons (Fsp3) is 0. The molecule has 4 rings (SSSR count). The number of nitrogens with zero attached hydrogens (tertiary/aromatic N) is 1. The van der Waals surface area contributed by atoms with E-state index in [-0.39, 0.29) is 38.9 Å². The Morgan fingerprint density at radius 2 is 1.68 bits per heavy atom. The van der Waals surface area contributed by atoms with E-state index in [1.54, 1.807) is 30.3 Å². The van der Waals surface area contributed by atoms with E-state index in [2.05, 4.69) is 0 Å². The molecule has 6 nitrogen and oxygen atoms in total. The van der Waals surface area contributed by atoms with Gasteiger partial charge in [-0.2, -0.15) is 0 Å². The number of benzene rings is 3. The molecule has 0 aromatic heterocycles. The van der Waals surface area contributed by atoms with Crippen LogP contribution in [0, 0.1) is 0 Å². The second kappa shape index (κ2) is 6.83. The van der Waals surface area contributed by atoms with E-state index < -0.39 is 11.9 Å². The topological polar surface area (TPSA) is 83.9 Å². The first-order valence-electron chi connectivity index (χ1n) is 8.25. The SMILES string of the molecule is O=C1c2cccc(c2)C(=O)N(c2ccc(Cl)cc2C(=O)O)Oc2ccccc21. The summed E-state index contributed by atoms with van der Waals surface area (Å²) >= 11 is 5.92. The molecule has 28 heavy (non-hydrogen) atoms. The van der Waals surface area contributed by atoms with E-state index in [1.807, 2.05) is 0 Å². The Morgan fingerprint density at radius 3 is 2.46 bits per heavy atom. The summed E-state index contributed by atoms with van der Waals surface area (Å²) < 4.78 is 0. The summed E-state index contributed by atoms with van der Waals surface area (Å²) in [5.41, 5.74) is 0.560. The zero-order chi connectivity index (χ0) is 19.8. The van der Waals surface area contributed by atoms with Crippen LogP contribution < -0.4 is 9.90 Å². The second-order valence-electron chi connectivity index (χ2n) is 6.06. The lowest BCUT2D eigenvalue weighted by Gasteiger charge is -2.24. The van der Waals surface area contributed by atoms with Gasteiger partial charge in [-0.15, -0.1) is 5.06 Å². The van der Waals surface area contributed by atoms with Crippen molar-refractivity contribution in [3.05, 3.63) is 94.0 Å². The number of halogens is 1. The van der Waals surface area contributed by atoms with Crippen LogP contribution in [0.25, 0.3) is 0 Å². The van der Waals surface area contributed by atoms with Crippen molar-refractivity contribution in [3.63, 3.8) is 0 Å². The van der Waals surface area contributed by atoms with Gasteiger partial charge >= 0.3 is 5.97 Å². The number of carboxylic acid groups (broad SMARTS) is 1. The average molecular weight is 394 g/mol. The molecule has 1 aliphatic heterocycles. The highest BCUT2D eigenvalue weighted by molar-refractivity contribution is 6.31. The normalized spacial score (nSPS) is 13.1. The third-order valence-electron chi connectivity index (χ3n) is 4.29. The predicted octanol–water partition coefficient (Wildman–Crippen LogP) is 4.22. The quantitative estimate of drug-likeness (QED) is 0.704. The van der Waals surface area contributed by atoms with Crippen LogP contribution in [0.1, 0.15) is 36.6 Å². The number of carbonyl (C=O) groups excluding carboxylic acids is 2. The molecule has 0 fully saturated rings. The first-order chi connectivity index (χ1) is 13.5. The number of ketones is 1. The van der Waals surface area contributed by atoms with E-state index in [0.717, 1.165) is 5.06 Å². The lowest BCUT2D eigenvalue weighted by Crippen LogP contribution is -2.35. The number of hydrogen-bond donors (Lipinski definition) is 1.